The molecule has 1 heterocycles. The van der Waals surface area contributed by atoms with Gasteiger partial charge in [-0.3, -0.25) is 0 Å². The van der Waals surface area contributed by atoms with Gasteiger partial charge >= 0.3 is 0 Å². The van der Waals surface area contributed by atoms with Crippen LogP contribution in [0.3, 0.4) is 0 Å². The van der Waals surface area contributed by atoms with Crippen LogP contribution in [0.15, 0.2) is 6.20 Å². The molecule has 0 aliphatic heterocycles. The van der Waals surface area contributed by atoms with Gasteiger partial charge in [-0.1, -0.05) is 19.3 Å². The lowest BCUT2D eigenvalue weighted by Crippen LogP contribution is -2.17. The molecule has 1 atom stereocenters. The maximum atomic E-state index is 10.3. The van der Waals surface area contributed by atoms with Crippen LogP contribution in [0.2, 0.25) is 5.28 Å². The van der Waals surface area contributed by atoms with E-state index in [1.54, 1.807) is 6.20 Å². The predicted octanol–water partition coefficient (Wildman–Crippen LogP) is 3.05. The molecule has 0 amide bonds. The number of hydrogen-bond donors (Lipinski definition) is 1. The maximum absolute atomic E-state index is 10.3. The van der Waals surface area contributed by atoms with Gasteiger partial charge in [0, 0.05) is 17.5 Å². The number of hydrogen-bond acceptors (Lipinski definition) is 3. The minimum absolute atomic E-state index is 0.247. The summed E-state index contributed by atoms with van der Waals surface area (Å²) in [5, 5.41) is 10.5. The number of aryl methyl sites for hydroxylation is 1. The first-order valence-electron chi connectivity index (χ1n) is 5.85. The Labute approximate surface area is 101 Å². The molecule has 1 N–H and O–H groups in total. The number of rotatable bonds is 2. The Kier molecular flexibility index (Phi) is 3.77. The highest BCUT2D eigenvalue weighted by atomic mass is 35.5. The Morgan fingerprint density at radius 3 is 2.69 bits per heavy atom. The Morgan fingerprint density at radius 1 is 1.38 bits per heavy atom. The maximum Gasteiger partial charge on any atom is 0.222 e. The molecule has 0 saturated heterocycles. The van der Waals surface area contributed by atoms with Crippen molar-refractivity contribution in [3.8, 4) is 0 Å². The topological polar surface area (TPSA) is 46.0 Å². The Bertz CT molecular complexity index is 364. The molecule has 0 bridgehead atoms. The van der Waals surface area contributed by atoms with Gasteiger partial charge in [0.15, 0.2) is 0 Å². The van der Waals surface area contributed by atoms with Gasteiger partial charge in [0.2, 0.25) is 5.28 Å². The summed E-state index contributed by atoms with van der Waals surface area (Å²) >= 11 is 5.70. The van der Waals surface area contributed by atoms with E-state index in [4.69, 9.17) is 11.6 Å². The third kappa shape index (κ3) is 2.53. The van der Waals surface area contributed by atoms with Crippen LogP contribution in [-0.4, -0.2) is 15.1 Å². The summed E-state index contributed by atoms with van der Waals surface area (Å²) in [6, 6.07) is 0. The van der Waals surface area contributed by atoms with E-state index >= 15 is 0 Å². The first-order chi connectivity index (χ1) is 7.68. The predicted molar refractivity (Wildman–Crippen MR) is 63.3 cm³/mol. The zero-order chi connectivity index (χ0) is 11.5. The van der Waals surface area contributed by atoms with Crippen LogP contribution in [0.1, 0.15) is 49.5 Å². The normalized spacial score (nSPS) is 19.7. The summed E-state index contributed by atoms with van der Waals surface area (Å²) < 4.78 is 0. The van der Waals surface area contributed by atoms with E-state index in [9.17, 15) is 5.11 Å². The summed E-state index contributed by atoms with van der Waals surface area (Å²) in [6.07, 6.45) is 7.15. The zero-order valence-corrected chi connectivity index (χ0v) is 10.2. The third-order valence-electron chi connectivity index (χ3n) is 3.40. The second-order valence-corrected chi connectivity index (χ2v) is 4.86. The highest BCUT2D eigenvalue weighted by Crippen LogP contribution is 2.34. The Hall–Kier alpha value is -0.670. The molecule has 1 unspecified atom stereocenters. The second-order valence-electron chi connectivity index (χ2n) is 4.52. The van der Waals surface area contributed by atoms with Gasteiger partial charge in [0.1, 0.15) is 0 Å². The van der Waals surface area contributed by atoms with Gasteiger partial charge in [-0.05, 0) is 37.3 Å². The van der Waals surface area contributed by atoms with Crippen LogP contribution in [0, 0.1) is 12.8 Å². The summed E-state index contributed by atoms with van der Waals surface area (Å²) in [6.45, 7) is 1.87. The van der Waals surface area contributed by atoms with E-state index in [1.807, 2.05) is 6.92 Å². The molecular formula is C12H17ClN2O. The summed E-state index contributed by atoms with van der Waals surface area (Å²) in [5.74, 6) is 0.359. The van der Waals surface area contributed by atoms with Crippen LogP contribution >= 0.6 is 11.6 Å². The Balaban J connectivity index is 2.15. The van der Waals surface area contributed by atoms with Crippen molar-refractivity contribution in [2.45, 2.75) is 45.1 Å². The van der Waals surface area contributed by atoms with Crippen molar-refractivity contribution < 1.29 is 5.11 Å². The molecule has 1 saturated carbocycles. The molecule has 88 valence electrons. The SMILES string of the molecule is Cc1nc(Cl)ncc1C(O)C1CCCCC1. The first-order valence-corrected chi connectivity index (χ1v) is 6.23. The van der Waals surface area contributed by atoms with Crippen molar-refractivity contribution >= 4 is 11.6 Å². The van der Waals surface area contributed by atoms with Gasteiger partial charge < -0.3 is 5.11 Å². The van der Waals surface area contributed by atoms with Crippen molar-refractivity contribution in [1.29, 1.82) is 0 Å². The molecule has 1 aliphatic rings. The zero-order valence-electron chi connectivity index (χ0n) is 9.49. The minimum atomic E-state index is -0.433. The lowest BCUT2D eigenvalue weighted by Gasteiger charge is -2.27. The fourth-order valence-corrected chi connectivity index (χ4v) is 2.62. The molecule has 1 aliphatic carbocycles. The quantitative estimate of drug-likeness (QED) is 0.809. The third-order valence-corrected chi connectivity index (χ3v) is 3.59. The van der Waals surface area contributed by atoms with E-state index < -0.39 is 6.10 Å². The lowest BCUT2D eigenvalue weighted by atomic mass is 9.83. The standard InChI is InChI=1S/C12H17ClN2O/c1-8-10(7-14-12(13)15-8)11(16)9-5-3-2-4-6-9/h7,9,11,16H,2-6H2,1H3. The van der Waals surface area contributed by atoms with Crippen LogP contribution in [0.5, 0.6) is 0 Å². The molecule has 1 aromatic heterocycles. The second kappa shape index (κ2) is 5.11. The summed E-state index contributed by atoms with van der Waals surface area (Å²) in [7, 11) is 0. The largest absolute Gasteiger partial charge is 0.388 e. The molecule has 3 nitrogen and oxygen atoms in total. The van der Waals surface area contributed by atoms with Crippen molar-refractivity contribution in [1.82, 2.24) is 9.97 Å². The fourth-order valence-electron chi connectivity index (χ4n) is 2.44. The van der Waals surface area contributed by atoms with Crippen molar-refractivity contribution in [3.63, 3.8) is 0 Å². The van der Waals surface area contributed by atoms with E-state index in [0.717, 1.165) is 24.1 Å². The number of halogens is 1. The molecular weight excluding hydrogens is 224 g/mol. The molecule has 16 heavy (non-hydrogen) atoms. The number of aliphatic hydroxyl groups is 1. The molecule has 0 spiro atoms. The highest BCUT2D eigenvalue weighted by molar-refractivity contribution is 6.28. The van der Waals surface area contributed by atoms with E-state index in [0.29, 0.717) is 5.92 Å². The van der Waals surface area contributed by atoms with E-state index in [2.05, 4.69) is 9.97 Å². The van der Waals surface area contributed by atoms with Gasteiger partial charge in [0.05, 0.1) is 6.10 Å². The van der Waals surface area contributed by atoms with E-state index in [-0.39, 0.29) is 5.28 Å². The van der Waals surface area contributed by atoms with Crippen molar-refractivity contribution in [3.05, 3.63) is 22.7 Å². The molecule has 2 rings (SSSR count). The van der Waals surface area contributed by atoms with Crippen molar-refractivity contribution in [2.75, 3.05) is 0 Å². The molecule has 4 heteroatoms. The number of aromatic nitrogens is 2. The van der Waals surface area contributed by atoms with Crippen LogP contribution in [0.4, 0.5) is 0 Å². The average molecular weight is 241 g/mol. The van der Waals surface area contributed by atoms with Gasteiger partial charge in [-0.15, -0.1) is 0 Å². The average Bonchev–Trinajstić information content (AvgIpc) is 2.29. The summed E-state index contributed by atoms with van der Waals surface area (Å²) in [4.78, 5) is 8.03. The first kappa shape index (κ1) is 11.8. The minimum Gasteiger partial charge on any atom is -0.388 e. The lowest BCUT2D eigenvalue weighted by molar-refractivity contribution is 0.0836. The molecule has 1 fully saturated rings. The summed E-state index contributed by atoms with van der Waals surface area (Å²) in [5.41, 5.74) is 1.62. The number of aliphatic hydroxyl groups excluding tert-OH is 1. The number of nitrogens with zero attached hydrogens (tertiary/aromatic N) is 2. The Morgan fingerprint density at radius 2 is 2.06 bits per heavy atom. The van der Waals surface area contributed by atoms with Crippen molar-refractivity contribution in [2.24, 2.45) is 5.92 Å². The fraction of sp³-hybridized carbons (Fsp3) is 0.667. The smallest absolute Gasteiger partial charge is 0.222 e. The van der Waals surface area contributed by atoms with Crippen LogP contribution in [0.25, 0.3) is 0 Å². The monoisotopic (exact) mass is 240 g/mol. The highest BCUT2D eigenvalue weighted by Gasteiger charge is 2.24. The molecule has 0 radical (unpaired) electrons. The van der Waals surface area contributed by atoms with E-state index in [1.165, 1.54) is 19.3 Å². The van der Waals surface area contributed by atoms with Gasteiger partial charge in [-0.2, -0.15) is 0 Å². The molecule has 1 aromatic rings. The van der Waals surface area contributed by atoms with Gasteiger partial charge in [-0.25, -0.2) is 9.97 Å². The van der Waals surface area contributed by atoms with Crippen LogP contribution in [-0.2, 0) is 0 Å². The van der Waals surface area contributed by atoms with Crippen LogP contribution < -0.4 is 0 Å². The molecule has 0 aromatic carbocycles. The van der Waals surface area contributed by atoms with Gasteiger partial charge in [0.25, 0.3) is 0 Å².